The molecule has 3 heterocycles. The number of rotatable bonds is 5. The summed E-state index contributed by atoms with van der Waals surface area (Å²) in [5.74, 6) is 0.704. The highest BCUT2D eigenvalue weighted by Crippen LogP contribution is 2.22. The molecule has 0 aromatic carbocycles. The number of pyridine rings is 1. The Kier molecular flexibility index (Phi) is 4.29. The normalized spacial score (nSPS) is 21.0. The third-order valence-corrected chi connectivity index (χ3v) is 3.66. The number of carbonyl (C=O) groups is 1. The second kappa shape index (κ2) is 6.52. The molecule has 0 bridgehead atoms. The van der Waals surface area contributed by atoms with Crippen LogP contribution in [0.15, 0.2) is 30.9 Å². The molecule has 116 valence electrons. The van der Waals surface area contributed by atoms with E-state index in [0.717, 1.165) is 6.42 Å². The lowest BCUT2D eigenvalue weighted by Crippen LogP contribution is -2.39. The molecule has 1 aliphatic heterocycles. The van der Waals surface area contributed by atoms with Crippen LogP contribution in [0.1, 0.15) is 17.0 Å². The average Bonchev–Trinajstić information content (AvgIpc) is 3.23. The molecule has 0 unspecified atom stereocenters. The monoisotopic (exact) mass is 303 g/mol. The molecular formula is C14H17N5O3. The van der Waals surface area contributed by atoms with Crippen LogP contribution in [0, 0.1) is 0 Å². The largest absolute Gasteiger partial charge is 0.490 e. The van der Waals surface area contributed by atoms with Gasteiger partial charge in [0, 0.05) is 19.9 Å². The maximum absolute atomic E-state index is 12.5. The van der Waals surface area contributed by atoms with E-state index in [2.05, 4.69) is 20.2 Å². The number of hydrogen-bond acceptors (Lipinski definition) is 6. The molecule has 2 aromatic rings. The summed E-state index contributed by atoms with van der Waals surface area (Å²) < 4.78 is 11.1. The Morgan fingerprint density at radius 2 is 2.45 bits per heavy atom. The Hall–Kier alpha value is -2.48. The number of nitrogens with one attached hydrogen (secondary N) is 1. The van der Waals surface area contributed by atoms with Crippen molar-refractivity contribution in [2.24, 2.45) is 0 Å². The Morgan fingerprint density at radius 1 is 1.55 bits per heavy atom. The van der Waals surface area contributed by atoms with Gasteiger partial charge in [0.25, 0.3) is 5.91 Å². The molecule has 2 aromatic heterocycles. The molecule has 0 saturated carbocycles. The number of methoxy groups -OCH3 is 1. The van der Waals surface area contributed by atoms with Crippen LogP contribution in [0.2, 0.25) is 0 Å². The van der Waals surface area contributed by atoms with Gasteiger partial charge in [0.2, 0.25) is 5.82 Å². The second-order valence-electron chi connectivity index (χ2n) is 5.04. The molecule has 0 spiro atoms. The topological polar surface area (TPSA) is 93.2 Å². The molecular weight excluding hydrogens is 286 g/mol. The van der Waals surface area contributed by atoms with E-state index in [4.69, 9.17) is 9.47 Å². The lowest BCUT2D eigenvalue weighted by atomic mass is 10.2. The number of nitrogens with zero attached hydrogens (tertiary/aromatic N) is 4. The summed E-state index contributed by atoms with van der Waals surface area (Å²) in [6, 6.07) is 3.56. The van der Waals surface area contributed by atoms with Gasteiger partial charge in [0.15, 0.2) is 0 Å². The Labute approximate surface area is 127 Å². The molecule has 0 aliphatic carbocycles. The lowest BCUT2D eigenvalue weighted by Gasteiger charge is -2.23. The van der Waals surface area contributed by atoms with Gasteiger partial charge in [-0.05, 0) is 18.6 Å². The number of hydrogen-bond donors (Lipinski definition) is 1. The molecule has 1 saturated heterocycles. The van der Waals surface area contributed by atoms with Gasteiger partial charge in [-0.15, -0.1) is 0 Å². The van der Waals surface area contributed by atoms with E-state index in [-0.39, 0.29) is 23.9 Å². The summed E-state index contributed by atoms with van der Waals surface area (Å²) in [6.07, 6.45) is 5.36. The molecule has 3 rings (SSSR count). The van der Waals surface area contributed by atoms with Crippen molar-refractivity contribution in [1.82, 2.24) is 25.1 Å². The summed E-state index contributed by atoms with van der Waals surface area (Å²) in [7, 11) is 1.64. The van der Waals surface area contributed by atoms with Gasteiger partial charge in [-0.25, -0.2) is 4.98 Å². The number of amides is 1. The van der Waals surface area contributed by atoms with Crippen LogP contribution in [0.4, 0.5) is 0 Å². The van der Waals surface area contributed by atoms with Gasteiger partial charge in [-0.3, -0.25) is 14.9 Å². The quantitative estimate of drug-likeness (QED) is 0.865. The third-order valence-electron chi connectivity index (χ3n) is 3.66. The van der Waals surface area contributed by atoms with Crippen molar-refractivity contribution in [3.8, 4) is 5.75 Å². The predicted molar refractivity (Wildman–Crippen MR) is 76.4 cm³/mol. The summed E-state index contributed by atoms with van der Waals surface area (Å²) in [6.45, 7) is 0.891. The minimum Gasteiger partial charge on any atom is -0.490 e. The summed E-state index contributed by atoms with van der Waals surface area (Å²) in [4.78, 5) is 22.1. The molecule has 1 fully saturated rings. The van der Waals surface area contributed by atoms with Crippen molar-refractivity contribution in [3.63, 3.8) is 0 Å². The van der Waals surface area contributed by atoms with Crippen LogP contribution >= 0.6 is 0 Å². The van der Waals surface area contributed by atoms with Gasteiger partial charge in [0.05, 0.1) is 18.3 Å². The van der Waals surface area contributed by atoms with Crippen molar-refractivity contribution in [2.75, 3.05) is 20.3 Å². The minimum absolute atomic E-state index is 0.00521. The van der Waals surface area contributed by atoms with Crippen LogP contribution in [0.5, 0.6) is 5.75 Å². The minimum atomic E-state index is -0.197. The van der Waals surface area contributed by atoms with Crippen LogP contribution < -0.4 is 4.74 Å². The number of aromatic amines is 1. The maximum Gasteiger partial charge on any atom is 0.291 e. The van der Waals surface area contributed by atoms with Crippen molar-refractivity contribution < 1.29 is 14.3 Å². The maximum atomic E-state index is 12.5. The van der Waals surface area contributed by atoms with Crippen molar-refractivity contribution in [1.29, 1.82) is 0 Å². The first-order chi connectivity index (χ1) is 10.8. The zero-order valence-electron chi connectivity index (χ0n) is 12.2. The molecule has 1 N–H and O–H groups in total. The first-order valence-corrected chi connectivity index (χ1v) is 7.00. The number of aromatic nitrogens is 4. The standard InChI is InChI=1S/C14H17N5O3/c1-21-12-5-10(8-22-11-3-2-4-15-6-11)19(7-12)14(20)13-16-9-17-18-13/h2-4,6,9-10,12H,5,7-8H2,1H3,(H,16,17,18)/t10-,12+/m0/s1. The second-order valence-corrected chi connectivity index (χ2v) is 5.04. The number of ether oxygens (including phenoxy) is 2. The average molecular weight is 303 g/mol. The highest BCUT2D eigenvalue weighted by molar-refractivity contribution is 5.90. The van der Waals surface area contributed by atoms with E-state index in [1.807, 2.05) is 6.07 Å². The van der Waals surface area contributed by atoms with Crippen LogP contribution in [-0.2, 0) is 4.74 Å². The van der Waals surface area contributed by atoms with Crippen LogP contribution in [0.3, 0.4) is 0 Å². The number of H-pyrrole nitrogens is 1. The summed E-state index contributed by atoms with van der Waals surface area (Å²) in [5.41, 5.74) is 0. The molecule has 22 heavy (non-hydrogen) atoms. The van der Waals surface area contributed by atoms with E-state index in [0.29, 0.717) is 18.9 Å². The van der Waals surface area contributed by atoms with Gasteiger partial charge in [0.1, 0.15) is 18.7 Å². The van der Waals surface area contributed by atoms with E-state index in [9.17, 15) is 4.79 Å². The van der Waals surface area contributed by atoms with Crippen molar-refractivity contribution >= 4 is 5.91 Å². The first-order valence-electron chi connectivity index (χ1n) is 7.00. The molecule has 0 radical (unpaired) electrons. The number of likely N-dealkylation sites (tertiary alicyclic amines) is 1. The molecule has 1 amide bonds. The van der Waals surface area contributed by atoms with E-state index in [1.165, 1.54) is 6.33 Å². The SMILES string of the molecule is CO[C@@H]1C[C@@H](COc2cccnc2)N(C(=O)c2ncn[nH]2)C1. The number of carbonyl (C=O) groups excluding carboxylic acids is 1. The smallest absolute Gasteiger partial charge is 0.291 e. The molecule has 8 nitrogen and oxygen atoms in total. The third kappa shape index (κ3) is 3.06. The fourth-order valence-electron chi connectivity index (χ4n) is 2.52. The fourth-order valence-corrected chi connectivity index (χ4v) is 2.52. The molecule has 2 atom stereocenters. The molecule has 8 heteroatoms. The van der Waals surface area contributed by atoms with Crippen LogP contribution in [0.25, 0.3) is 0 Å². The van der Waals surface area contributed by atoms with Gasteiger partial charge in [-0.2, -0.15) is 5.10 Å². The fraction of sp³-hybridized carbons (Fsp3) is 0.429. The zero-order valence-corrected chi connectivity index (χ0v) is 12.2. The summed E-state index contributed by atoms with van der Waals surface area (Å²) >= 11 is 0. The van der Waals surface area contributed by atoms with Crippen molar-refractivity contribution in [3.05, 3.63) is 36.7 Å². The Morgan fingerprint density at radius 3 is 3.14 bits per heavy atom. The van der Waals surface area contributed by atoms with E-state index < -0.39 is 0 Å². The lowest BCUT2D eigenvalue weighted by molar-refractivity contribution is 0.0646. The summed E-state index contributed by atoms with van der Waals surface area (Å²) in [5, 5.41) is 6.32. The van der Waals surface area contributed by atoms with Gasteiger partial charge in [-0.1, -0.05) is 0 Å². The first kappa shape index (κ1) is 14.5. The van der Waals surface area contributed by atoms with Gasteiger partial charge >= 0.3 is 0 Å². The van der Waals surface area contributed by atoms with E-state index in [1.54, 1.807) is 30.5 Å². The van der Waals surface area contributed by atoms with Gasteiger partial charge < -0.3 is 14.4 Å². The Bertz CT molecular complexity index is 604. The Balaban J connectivity index is 1.68. The van der Waals surface area contributed by atoms with E-state index >= 15 is 0 Å². The highest BCUT2D eigenvalue weighted by Gasteiger charge is 2.37. The molecule has 1 aliphatic rings. The van der Waals surface area contributed by atoms with Crippen molar-refractivity contribution in [2.45, 2.75) is 18.6 Å². The zero-order chi connectivity index (χ0) is 15.4. The van der Waals surface area contributed by atoms with Crippen LogP contribution in [-0.4, -0.2) is 63.4 Å². The predicted octanol–water partition coefficient (Wildman–Crippen LogP) is 0.508. The highest BCUT2D eigenvalue weighted by atomic mass is 16.5.